The molecule has 0 heterocycles. The third-order valence-corrected chi connectivity index (χ3v) is 3.25. The van der Waals surface area contributed by atoms with Gasteiger partial charge in [0.1, 0.15) is 15.6 Å². The van der Waals surface area contributed by atoms with Crippen LogP contribution in [0.4, 0.5) is 0 Å². The van der Waals surface area contributed by atoms with Crippen molar-refractivity contribution in [2.24, 2.45) is 0 Å². The summed E-state index contributed by atoms with van der Waals surface area (Å²) >= 11 is 5.81. The molecule has 0 radical (unpaired) electrons. The fourth-order valence-corrected chi connectivity index (χ4v) is 2.23. The van der Waals surface area contributed by atoms with Crippen molar-refractivity contribution >= 4 is 21.4 Å². The average molecular weight is 265 g/mol. The molecule has 0 aromatic heterocycles. The van der Waals surface area contributed by atoms with E-state index in [1.54, 1.807) is 12.1 Å². The van der Waals surface area contributed by atoms with Crippen LogP contribution in [-0.4, -0.2) is 32.6 Å². The second kappa shape index (κ2) is 5.03. The van der Waals surface area contributed by atoms with Gasteiger partial charge in [-0.15, -0.1) is 0 Å². The number of rotatable bonds is 4. The number of sulfone groups is 1. The topological polar surface area (TPSA) is 63.6 Å². The minimum atomic E-state index is -3.23. The van der Waals surface area contributed by atoms with Crippen molar-refractivity contribution in [3.8, 4) is 5.75 Å². The quantitative estimate of drug-likeness (QED) is 0.894. The normalized spacial score (nSPS) is 13.5. The summed E-state index contributed by atoms with van der Waals surface area (Å²) in [7, 11) is -1.77. The van der Waals surface area contributed by atoms with E-state index in [0.717, 1.165) is 6.26 Å². The Kier molecular flexibility index (Phi) is 4.18. The highest BCUT2D eigenvalue weighted by atomic mass is 35.5. The first-order valence-corrected chi connectivity index (χ1v) is 6.96. The van der Waals surface area contributed by atoms with Gasteiger partial charge >= 0.3 is 0 Å². The van der Waals surface area contributed by atoms with Gasteiger partial charge in [0.05, 0.1) is 24.0 Å². The van der Waals surface area contributed by atoms with Crippen LogP contribution in [-0.2, 0) is 9.84 Å². The molecule has 1 aromatic rings. The van der Waals surface area contributed by atoms with E-state index < -0.39 is 15.9 Å². The molecule has 0 spiro atoms. The van der Waals surface area contributed by atoms with Gasteiger partial charge in [0.25, 0.3) is 0 Å². The van der Waals surface area contributed by atoms with Crippen LogP contribution in [0, 0.1) is 0 Å². The molecule has 0 aliphatic heterocycles. The van der Waals surface area contributed by atoms with Crippen molar-refractivity contribution in [1.29, 1.82) is 0 Å². The summed E-state index contributed by atoms with van der Waals surface area (Å²) in [5, 5.41) is 10.1. The van der Waals surface area contributed by atoms with Crippen molar-refractivity contribution in [2.75, 3.05) is 19.1 Å². The third-order valence-electron chi connectivity index (χ3n) is 2.02. The van der Waals surface area contributed by atoms with Crippen LogP contribution in [0.5, 0.6) is 5.75 Å². The molecule has 1 N–H and O–H groups in total. The molecule has 0 saturated heterocycles. The molecule has 0 bridgehead atoms. The SMILES string of the molecule is COc1cc(C(O)CS(C)(=O)=O)ccc1Cl. The van der Waals surface area contributed by atoms with Crippen LogP contribution in [0.3, 0.4) is 0 Å². The van der Waals surface area contributed by atoms with E-state index in [2.05, 4.69) is 0 Å². The predicted molar refractivity (Wildman–Crippen MR) is 62.7 cm³/mol. The minimum Gasteiger partial charge on any atom is -0.495 e. The lowest BCUT2D eigenvalue weighted by Crippen LogP contribution is -2.12. The second-order valence-corrected chi connectivity index (χ2v) is 6.09. The Morgan fingerprint density at radius 3 is 2.62 bits per heavy atom. The Balaban J connectivity index is 2.96. The van der Waals surface area contributed by atoms with Crippen LogP contribution < -0.4 is 4.74 Å². The van der Waals surface area contributed by atoms with Crippen molar-refractivity contribution in [3.63, 3.8) is 0 Å². The molecule has 1 unspecified atom stereocenters. The predicted octanol–water partition coefficient (Wildman–Crippen LogP) is 1.43. The van der Waals surface area contributed by atoms with E-state index in [0.29, 0.717) is 16.3 Å². The maximum Gasteiger partial charge on any atom is 0.150 e. The molecule has 0 aliphatic carbocycles. The van der Waals surface area contributed by atoms with Gasteiger partial charge in [-0.3, -0.25) is 0 Å². The van der Waals surface area contributed by atoms with Crippen molar-refractivity contribution in [2.45, 2.75) is 6.10 Å². The van der Waals surface area contributed by atoms with Gasteiger partial charge in [0.2, 0.25) is 0 Å². The Hall–Kier alpha value is -0.780. The Labute approximate surface area is 99.7 Å². The lowest BCUT2D eigenvalue weighted by molar-refractivity contribution is 0.201. The molecular weight excluding hydrogens is 252 g/mol. The molecular formula is C10H13ClO4S. The third kappa shape index (κ3) is 3.66. The van der Waals surface area contributed by atoms with Crippen LogP contribution >= 0.6 is 11.6 Å². The number of hydrogen-bond donors (Lipinski definition) is 1. The lowest BCUT2D eigenvalue weighted by atomic mass is 10.1. The standard InChI is InChI=1S/C10H13ClO4S/c1-15-10-5-7(3-4-8(10)11)9(12)6-16(2,13)14/h3-5,9,12H,6H2,1-2H3. The van der Waals surface area contributed by atoms with Crippen molar-refractivity contribution < 1.29 is 18.3 Å². The first-order chi connectivity index (χ1) is 7.33. The number of hydrogen-bond acceptors (Lipinski definition) is 4. The van der Waals surface area contributed by atoms with Gasteiger partial charge in [0, 0.05) is 6.26 Å². The van der Waals surface area contributed by atoms with Gasteiger partial charge in [-0.1, -0.05) is 17.7 Å². The van der Waals surface area contributed by atoms with E-state index in [4.69, 9.17) is 16.3 Å². The fourth-order valence-electron chi connectivity index (χ4n) is 1.27. The van der Waals surface area contributed by atoms with E-state index in [9.17, 15) is 13.5 Å². The summed E-state index contributed by atoms with van der Waals surface area (Å²) in [5.41, 5.74) is 0.465. The average Bonchev–Trinajstić information content (AvgIpc) is 2.15. The van der Waals surface area contributed by atoms with Crippen LogP contribution in [0.1, 0.15) is 11.7 Å². The van der Waals surface area contributed by atoms with E-state index in [-0.39, 0.29) is 5.75 Å². The Bertz CT molecular complexity index is 470. The molecule has 6 heteroatoms. The summed E-state index contributed by atoms with van der Waals surface area (Å²) in [6.07, 6.45) is 0.00442. The summed E-state index contributed by atoms with van der Waals surface area (Å²) in [5.74, 6) is 0.0874. The Morgan fingerprint density at radius 1 is 1.50 bits per heavy atom. The highest BCUT2D eigenvalue weighted by molar-refractivity contribution is 7.90. The zero-order chi connectivity index (χ0) is 12.3. The number of halogens is 1. The first-order valence-electron chi connectivity index (χ1n) is 4.52. The molecule has 1 atom stereocenters. The number of methoxy groups -OCH3 is 1. The highest BCUT2D eigenvalue weighted by Crippen LogP contribution is 2.28. The molecule has 1 rings (SSSR count). The van der Waals surface area contributed by atoms with E-state index >= 15 is 0 Å². The smallest absolute Gasteiger partial charge is 0.150 e. The summed E-state index contributed by atoms with van der Waals surface area (Å²) in [6.45, 7) is 0. The molecule has 0 fully saturated rings. The number of aliphatic hydroxyl groups excluding tert-OH is 1. The molecule has 16 heavy (non-hydrogen) atoms. The first kappa shape index (κ1) is 13.3. The molecule has 4 nitrogen and oxygen atoms in total. The maximum absolute atomic E-state index is 11.0. The van der Waals surface area contributed by atoms with Crippen LogP contribution in [0.2, 0.25) is 5.02 Å². The van der Waals surface area contributed by atoms with Crippen LogP contribution in [0.15, 0.2) is 18.2 Å². The van der Waals surface area contributed by atoms with Crippen LogP contribution in [0.25, 0.3) is 0 Å². The van der Waals surface area contributed by atoms with E-state index in [1.165, 1.54) is 13.2 Å². The van der Waals surface area contributed by atoms with E-state index in [1.807, 2.05) is 0 Å². The monoisotopic (exact) mass is 264 g/mol. The number of aliphatic hydroxyl groups is 1. The summed E-state index contributed by atoms with van der Waals surface area (Å²) < 4.78 is 27.0. The van der Waals surface area contributed by atoms with Gasteiger partial charge in [-0.2, -0.15) is 0 Å². The van der Waals surface area contributed by atoms with Gasteiger partial charge < -0.3 is 9.84 Å². The molecule has 0 amide bonds. The number of ether oxygens (including phenoxy) is 1. The van der Waals surface area contributed by atoms with Crippen molar-refractivity contribution in [1.82, 2.24) is 0 Å². The molecule has 0 saturated carbocycles. The maximum atomic E-state index is 11.0. The van der Waals surface area contributed by atoms with Gasteiger partial charge in [-0.05, 0) is 17.7 Å². The number of benzene rings is 1. The molecule has 90 valence electrons. The fraction of sp³-hybridized carbons (Fsp3) is 0.400. The zero-order valence-electron chi connectivity index (χ0n) is 8.97. The largest absolute Gasteiger partial charge is 0.495 e. The zero-order valence-corrected chi connectivity index (χ0v) is 10.5. The van der Waals surface area contributed by atoms with Gasteiger partial charge in [0.15, 0.2) is 0 Å². The van der Waals surface area contributed by atoms with Gasteiger partial charge in [-0.25, -0.2) is 8.42 Å². The minimum absolute atomic E-state index is 0.322. The van der Waals surface area contributed by atoms with Crippen molar-refractivity contribution in [3.05, 3.63) is 28.8 Å². The summed E-state index contributed by atoms with van der Waals surface area (Å²) in [6, 6.07) is 4.65. The lowest BCUT2D eigenvalue weighted by Gasteiger charge is -2.11. The Morgan fingerprint density at radius 2 is 2.12 bits per heavy atom. The second-order valence-electron chi connectivity index (χ2n) is 3.50. The molecule has 1 aromatic carbocycles. The molecule has 0 aliphatic rings. The highest BCUT2D eigenvalue weighted by Gasteiger charge is 2.15. The summed E-state index contributed by atoms with van der Waals surface area (Å²) in [4.78, 5) is 0.